The standard InChI is InChI=1S/C22H26FN3O2/c1-26-15-19(14-25-26)4-3-11-24-13-18-7-10-21(22(12-18)27-2)28-16-17-5-8-20(23)9-6-17/h5-10,12,14-15,24H,3-4,11,13,16H2,1-2H3. The highest BCUT2D eigenvalue weighted by Crippen LogP contribution is 2.28. The van der Waals surface area contributed by atoms with Gasteiger partial charge in [0.2, 0.25) is 0 Å². The largest absolute Gasteiger partial charge is 0.493 e. The minimum Gasteiger partial charge on any atom is -0.493 e. The first kappa shape index (κ1) is 19.9. The highest BCUT2D eigenvalue weighted by Gasteiger charge is 2.07. The molecule has 1 aromatic heterocycles. The molecule has 0 atom stereocenters. The van der Waals surface area contributed by atoms with Gasteiger partial charge in [-0.2, -0.15) is 5.10 Å². The third kappa shape index (κ3) is 5.82. The van der Waals surface area contributed by atoms with Crippen LogP contribution in [0, 0.1) is 5.82 Å². The molecule has 0 fully saturated rings. The summed E-state index contributed by atoms with van der Waals surface area (Å²) in [5, 5.41) is 7.64. The fourth-order valence-corrected chi connectivity index (χ4v) is 2.93. The molecule has 0 bridgehead atoms. The van der Waals surface area contributed by atoms with Crippen LogP contribution < -0.4 is 14.8 Å². The molecule has 0 unspecified atom stereocenters. The first-order valence-electron chi connectivity index (χ1n) is 9.36. The van der Waals surface area contributed by atoms with Crippen molar-refractivity contribution in [1.29, 1.82) is 0 Å². The summed E-state index contributed by atoms with van der Waals surface area (Å²) in [5.74, 6) is 1.11. The number of halogens is 1. The van der Waals surface area contributed by atoms with Crippen molar-refractivity contribution in [2.75, 3.05) is 13.7 Å². The summed E-state index contributed by atoms with van der Waals surface area (Å²) >= 11 is 0. The van der Waals surface area contributed by atoms with Gasteiger partial charge in [-0.3, -0.25) is 4.68 Å². The van der Waals surface area contributed by atoms with E-state index in [4.69, 9.17) is 9.47 Å². The molecular weight excluding hydrogens is 357 g/mol. The molecular formula is C22H26FN3O2. The fraction of sp³-hybridized carbons (Fsp3) is 0.318. The van der Waals surface area contributed by atoms with Crippen LogP contribution in [0.5, 0.6) is 11.5 Å². The Bertz CT molecular complexity index is 878. The van der Waals surface area contributed by atoms with E-state index in [9.17, 15) is 4.39 Å². The van der Waals surface area contributed by atoms with Crippen LogP contribution >= 0.6 is 0 Å². The minimum absolute atomic E-state index is 0.251. The molecule has 1 heterocycles. The molecule has 3 aromatic rings. The average Bonchev–Trinajstić information content (AvgIpc) is 3.12. The Balaban J connectivity index is 1.46. The Morgan fingerprint density at radius 2 is 1.82 bits per heavy atom. The van der Waals surface area contributed by atoms with Crippen LogP contribution in [0.3, 0.4) is 0 Å². The van der Waals surface area contributed by atoms with E-state index < -0.39 is 0 Å². The summed E-state index contributed by atoms with van der Waals surface area (Å²) in [6, 6.07) is 12.2. The summed E-state index contributed by atoms with van der Waals surface area (Å²) in [4.78, 5) is 0. The Hall–Kier alpha value is -2.86. The maximum absolute atomic E-state index is 13.0. The Labute approximate surface area is 165 Å². The van der Waals surface area contributed by atoms with Gasteiger partial charge in [0.15, 0.2) is 11.5 Å². The maximum Gasteiger partial charge on any atom is 0.161 e. The number of aromatic nitrogens is 2. The topological polar surface area (TPSA) is 48.3 Å². The number of hydrogen-bond donors (Lipinski definition) is 1. The molecule has 6 heteroatoms. The second-order valence-corrected chi connectivity index (χ2v) is 6.70. The van der Waals surface area contributed by atoms with Gasteiger partial charge in [0.1, 0.15) is 12.4 Å². The first-order chi connectivity index (χ1) is 13.6. The van der Waals surface area contributed by atoms with Crippen molar-refractivity contribution < 1.29 is 13.9 Å². The molecule has 0 saturated carbocycles. The molecule has 5 nitrogen and oxygen atoms in total. The number of rotatable bonds is 10. The van der Waals surface area contributed by atoms with Crippen molar-refractivity contribution in [2.24, 2.45) is 7.05 Å². The molecule has 0 saturated heterocycles. The Kier molecular flexibility index (Phi) is 7.03. The van der Waals surface area contributed by atoms with Crippen LogP contribution in [0.4, 0.5) is 4.39 Å². The van der Waals surface area contributed by atoms with E-state index in [2.05, 4.69) is 16.6 Å². The van der Waals surface area contributed by atoms with Crippen molar-refractivity contribution in [3.63, 3.8) is 0 Å². The second kappa shape index (κ2) is 9.90. The van der Waals surface area contributed by atoms with Crippen LogP contribution in [0.1, 0.15) is 23.1 Å². The van der Waals surface area contributed by atoms with Crippen LogP contribution in [-0.2, 0) is 26.6 Å². The lowest BCUT2D eigenvalue weighted by molar-refractivity contribution is 0.284. The van der Waals surface area contributed by atoms with Crippen LogP contribution in [0.2, 0.25) is 0 Å². The zero-order valence-electron chi connectivity index (χ0n) is 16.3. The van der Waals surface area contributed by atoms with E-state index in [1.165, 1.54) is 17.7 Å². The summed E-state index contributed by atoms with van der Waals surface area (Å²) in [7, 11) is 3.56. The van der Waals surface area contributed by atoms with E-state index >= 15 is 0 Å². The third-order valence-electron chi connectivity index (χ3n) is 4.44. The smallest absolute Gasteiger partial charge is 0.161 e. The van der Waals surface area contributed by atoms with E-state index in [1.807, 2.05) is 36.1 Å². The molecule has 0 aliphatic heterocycles. The maximum atomic E-state index is 13.0. The van der Waals surface area contributed by atoms with Crippen molar-refractivity contribution in [1.82, 2.24) is 15.1 Å². The monoisotopic (exact) mass is 383 g/mol. The van der Waals surface area contributed by atoms with Crippen LogP contribution in [0.15, 0.2) is 54.9 Å². The number of methoxy groups -OCH3 is 1. The summed E-state index contributed by atoms with van der Waals surface area (Å²) in [6.07, 6.45) is 6.03. The number of ether oxygens (including phenoxy) is 2. The van der Waals surface area contributed by atoms with Gasteiger partial charge in [0.25, 0.3) is 0 Å². The van der Waals surface area contributed by atoms with Crippen molar-refractivity contribution >= 4 is 0 Å². The Morgan fingerprint density at radius 3 is 2.54 bits per heavy atom. The molecule has 0 amide bonds. The quantitative estimate of drug-likeness (QED) is 0.540. The molecule has 2 aromatic carbocycles. The lowest BCUT2D eigenvalue weighted by atomic mass is 10.1. The van der Waals surface area contributed by atoms with Crippen molar-refractivity contribution in [3.05, 3.63) is 77.4 Å². The predicted molar refractivity (Wildman–Crippen MR) is 107 cm³/mol. The van der Waals surface area contributed by atoms with Crippen LogP contribution in [0.25, 0.3) is 0 Å². The Morgan fingerprint density at radius 1 is 1.04 bits per heavy atom. The molecule has 0 aliphatic rings. The number of nitrogens with zero attached hydrogens (tertiary/aromatic N) is 2. The first-order valence-corrected chi connectivity index (χ1v) is 9.36. The van der Waals surface area contributed by atoms with Gasteiger partial charge >= 0.3 is 0 Å². The van der Waals surface area contributed by atoms with Crippen molar-refractivity contribution in [3.8, 4) is 11.5 Å². The predicted octanol–water partition coefficient (Wildman–Crippen LogP) is 3.87. The number of hydrogen-bond acceptors (Lipinski definition) is 4. The number of nitrogens with one attached hydrogen (secondary N) is 1. The summed E-state index contributed by atoms with van der Waals surface area (Å²) in [6.45, 7) is 2.06. The van der Waals surface area contributed by atoms with E-state index in [1.54, 1.807) is 19.2 Å². The molecule has 0 aliphatic carbocycles. The van der Waals surface area contributed by atoms with Crippen molar-refractivity contribution in [2.45, 2.75) is 26.0 Å². The van der Waals surface area contributed by atoms with E-state index in [0.717, 1.165) is 37.1 Å². The van der Waals surface area contributed by atoms with Gasteiger partial charge in [0, 0.05) is 19.8 Å². The highest BCUT2D eigenvalue weighted by atomic mass is 19.1. The average molecular weight is 383 g/mol. The SMILES string of the molecule is COc1cc(CNCCCc2cnn(C)c2)ccc1OCc1ccc(F)cc1. The fourth-order valence-electron chi connectivity index (χ4n) is 2.93. The second-order valence-electron chi connectivity index (χ2n) is 6.70. The molecule has 0 radical (unpaired) electrons. The van der Waals surface area contributed by atoms with E-state index in [-0.39, 0.29) is 5.82 Å². The third-order valence-corrected chi connectivity index (χ3v) is 4.44. The summed E-state index contributed by atoms with van der Waals surface area (Å²) < 4.78 is 26.1. The van der Waals surface area contributed by atoms with Gasteiger partial charge in [-0.05, 0) is 60.3 Å². The molecule has 0 spiro atoms. The van der Waals surface area contributed by atoms with Gasteiger partial charge in [-0.25, -0.2) is 4.39 Å². The normalized spacial score (nSPS) is 10.8. The minimum atomic E-state index is -0.251. The molecule has 28 heavy (non-hydrogen) atoms. The molecule has 1 N–H and O–H groups in total. The highest BCUT2D eigenvalue weighted by molar-refractivity contribution is 5.43. The molecule has 3 rings (SSSR count). The zero-order valence-corrected chi connectivity index (χ0v) is 16.3. The van der Waals surface area contributed by atoms with Gasteiger partial charge < -0.3 is 14.8 Å². The van der Waals surface area contributed by atoms with Gasteiger partial charge in [-0.15, -0.1) is 0 Å². The lowest BCUT2D eigenvalue weighted by Gasteiger charge is -2.13. The summed E-state index contributed by atoms with van der Waals surface area (Å²) in [5.41, 5.74) is 3.30. The lowest BCUT2D eigenvalue weighted by Crippen LogP contribution is -2.15. The van der Waals surface area contributed by atoms with Gasteiger partial charge in [0.05, 0.1) is 13.3 Å². The number of aryl methyl sites for hydroxylation is 2. The van der Waals surface area contributed by atoms with Crippen LogP contribution in [-0.4, -0.2) is 23.4 Å². The van der Waals surface area contributed by atoms with E-state index in [0.29, 0.717) is 18.1 Å². The van der Waals surface area contributed by atoms with Gasteiger partial charge in [-0.1, -0.05) is 18.2 Å². The zero-order chi connectivity index (χ0) is 19.8. The number of benzene rings is 2. The molecule has 148 valence electrons.